The zero-order valence-corrected chi connectivity index (χ0v) is 11.2. The van der Waals surface area contributed by atoms with E-state index in [0.717, 1.165) is 23.5 Å². The Kier molecular flexibility index (Phi) is 3.80. The maximum atomic E-state index is 12.6. The number of carbonyl (C=O) groups is 1. The van der Waals surface area contributed by atoms with E-state index in [-0.39, 0.29) is 11.3 Å². The highest BCUT2D eigenvalue weighted by atomic mass is 32.1. The number of aryl methyl sites for hydroxylation is 1. The van der Waals surface area contributed by atoms with Crippen molar-refractivity contribution in [1.29, 1.82) is 0 Å². The summed E-state index contributed by atoms with van der Waals surface area (Å²) in [6.07, 6.45) is -4.20. The van der Waals surface area contributed by atoms with E-state index in [4.69, 9.17) is 5.11 Å². The molecule has 0 aliphatic heterocycles. The normalized spacial score (nSPS) is 11.6. The Hall–Kier alpha value is -1.89. The van der Waals surface area contributed by atoms with Crippen LogP contribution in [0.4, 0.5) is 13.2 Å². The van der Waals surface area contributed by atoms with Gasteiger partial charge in [-0.05, 0) is 18.6 Å². The van der Waals surface area contributed by atoms with Gasteiger partial charge in [0.05, 0.1) is 16.3 Å². The maximum Gasteiger partial charge on any atom is 0.416 e. The number of thiazole rings is 1. The van der Waals surface area contributed by atoms with Crippen LogP contribution in [0.5, 0.6) is 0 Å². The molecule has 3 nitrogen and oxygen atoms in total. The van der Waals surface area contributed by atoms with Crippen LogP contribution in [0.3, 0.4) is 0 Å². The standard InChI is InChI=1S/C13H10F3NO2S/c1-7-11(12(18)19)20-10(17-7)6-8-3-2-4-9(5-8)13(14,15)16/h2-5H,6H2,1H3,(H,18,19). The van der Waals surface area contributed by atoms with Gasteiger partial charge in [-0.2, -0.15) is 13.2 Å². The predicted octanol–water partition coefficient (Wildman–Crippen LogP) is 3.76. The first kappa shape index (κ1) is 14.5. The molecule has 0 saturated heterocycles. The Morgan fingerprint density at radius 3 is 2.65 bits per heavy atom. The van der Waals surface area contributed by atoms with Gasteiger partial charge in [0.15, 0.2) is 0 Å². The quantitative estimate of drug-likeness (QED) is 0.939. The molecule has 0 fully saturated rings. The van der Waals surface area contributed by atoms with Crippen LogP contribution in [-0.4, -0.2) is 16.1 Å². The molecule has 0 radical (unpaired) electrons. The summed E-state index contributed by atoms with van der Waals surface area (Å²) in [7, 11) is 0. The first-order valence-electron chi connectivity index (χ1n) is 5.63. The van der Waals surface area contributed by atoms with Gasteiger partial charge in [-0.25, -0.2) is 9.78 Å². The number of aromatic nitrogens is 1. The molecule has 0 aliphatic rings. The van der Waals surface area contributed by atoms with Crippen LogP contribution in [0.25, 0.3) is 0 Å². The largest absolute Gasteiger partial charge is 0.477 e. The number of carboxylic acids is 1. The van der Waals surface area contributed by atoms with E-state index >= 15 is 0 Å². The number of aromatic carboxylic acids is 1. The summed E-state index contributed by atoms with van der Waals surface area (Å²) < 4.78 is 37.8. The van der Waals surface area contributed by atoms with Crippen molar-refractivity contribution in [3.8, 4) is 0 Å². The summed E-state index contributed by atoms with van der Waals surface area (Å²) in [5, 5.41) is 9.40. The van der Waals surface area contributed by atoms with Crippen LogP contribution in [0.2, 0.25) is 0 Å². The average Bonchev–Trinajstić information content (AvgIpc) is 2.69. The number of alkyl halides is 3. The molecule has 7 heteroatoms. The molecule has 0 aliphatic carbocycles. The zero-order chi connectivity index (χ0) is 14.9. The van der Waals surface area contributed by atoms with Crippen molar-refractivity contribution >= 4 is 17.3 Å². The Morgan fingerprint density at radius 1 is 1.40 bits per heavy atom. The topological polar surface area (TPSA) is 50.2 Å². The fourth-order valence-corrected chi connectivity index (χ4v) is 2.70. The first-order valence-corrected chi connectivity index (χ1v) is 6.45. The third-order valence-corrected chi connectivity index (χ3v) is 3.79. The highest BCUT2D eigenvalue weighted by Gasteiger charge is 2.30. The molecule has 1 N–H and O–H groups in total. The van der Waals surface area contributed by atoms with Gasteiger partial charge >= 0.3 is 12.1 Å². The molecule has 0 saturated carbocycles. The lowest BCUT2D eigenvalue weighted by atomic mass is 10.1. The Bertz CT molecular complexity index is 649. The second kappa shape index (κ2) is 5.24. The Labute approximate surface area is 116 Å². The van der Waals surface area contributed by atoms with Crippen molar-refractivity contribution in [3.63, 3.8) is 0 Å². The summed E-state index contributed by atoms with van der Waals surface area (Å²) >= 11 is 0.984. The van der Waals surface area contributed by atoms with Gasteiger partial charge in [0, 0.05) is 6.42 Å². The molecule has 0 unspecified atom stereocenters. The van der Waals surface area contributed by atoms with Gasteiger partial charge in [-0.15, -0.1) is 11.3 Å². The minimum atomic E-state index is -4.39. The third kappa shape index (κ3) is 3.16. The van der Waals surface area contributed by atoms with Crippen LogP contribution >= 0.6 is 11.3 Å². The lowest BCUT2D eigenvalue weighted by molar-refractivity contribution is -0.137. The number of rotatable bonds is 3. The highest BCUT2D eigenvalue weighted by molar-refractivity contribution is 7.13. The molecule has 0 spiro atoms. The predicted molar refractivity (Wildman–Crippen MR) is 68.1 cm³/mol. The fraction of sp³-hybridized carbons (Fsp3) is 0.231. The molecule has 0 bridgehead atoms. The van der Waals surface area contributed by atoms with Gasteiger partial charge in [0.25, 0.3) is 0 Å². The molecule has 2 aromatic rings. The van der Waals surface area contributed by atoms with Gasteiger partial charge < -0.3 is 5.11 Å². The molecule has 1 aromatic heterocycles. The molecular formula is C13H10F3NO2S. The zero-order valence-electron chi connectivity index (χ0n) is 10.4. The van der Waals surface area contributed by atoms with E-state index in [0.29, 0.717) is 16.3 Å². The summed E-state index contributed by atoms with van der Waals surface area (Å²) in [6, 6.07) is 4.94. The average molecular weight is 301 g/mol. The van der Waals surface area contributed by atoms with E-state index in [1.54, 1.807) is 13.0 Å². The van der Waals surface area contributed by atoms with Crippen LogP contribution in [-0.2, 0) is 12.6 Å². The second-order valence-corrected chi connectivity index (χ2v) is 5.29. The SMILES string of the molecule is Cc1nc(Cc2cccc(C(F)(F)F)c2)sc1C(=O)O. The summed E-state index contributed by atoms with van der Waals surface area (Å²) in [6.45, 7) is 1.57. The lowest BCUT2D eigenvalue weighted by Gasteiger charge is -2.07. The molecule has 0 atom stereocenters. The molecule has 20 heavy (non-hydrogen) atoms. The number of carboxylic acid groups (broad SMARTS) is 1. The molecule has 106 valence electrons. The van der Waals surface area contributed by atoms with Crippen LogP contribution in [0, 0.1) is 6.92 Å². The van der Waals surface area contributed by atoms with E-state index in [1.165, 1.54) is 6.07 Å². The number of hydrogen-bond donors (Lipinski definition) is 1. The van der Waals surface area contributed by atoms with Crippen molar-refractivity contribution < 1.29 is 23.1 Å². The van der Waals surface area contributed by atoms with Gasteiger partial charge in [-0.3, -0.25) is 0 Å². The molecule has 0 amide bonds. The highest BCUT2D eigenvalue weighted by Crippen LogP contribution is 2.30. The van der Waals surface area contributed by atoms with Crippen LogP contribution < -0.4 is 0 Å². The number of halogens is 3. The number of hydrogen-bond acceptors (Lipinski definition) is 3. The second-order valence-electron chi connectivity index (χ2n) is 4.20. The van der Waals surface area contributed by atoms with E-state index < -0.39 is 17.7 Å². The lowest BCUT2D eigenvalue weighted by Crippen LogP contribution is -2.05. The van der Waals surface area contributed by atoms with Crippen LogP contribution in [0.15, 0.2) is 24.3 Å². The van der Waals surface area contributed by atoms with Crippen molar-refractivity contribution in [2.24, 2.45) is 0 Å². The summed E-state index contributed by atoms with van der Waals surface area (Å²) in [5.74, 6) is -1.07. The Balaban J connectivity index is 2.26. The molecule has 1 heterocycles. The van der Waals surface area contributed by atoms with Gasteiger partial charge in [-0.1, -0.05) is 18.2 Å². The van der Waals surface area contributed by atoms with Crippen molar-refractivity contribution in [3.05, 3.63) is 51.0 Å². The summed E-state index contributed by atoms with van der Waals surface area (Å²) in [5.41, 5.74) is 0.108. The van der Waals surface area contributed by atoms with Crippen molar-refractivity contribution in [1.82, 2.24) is 4.98 Å². The summed E-state index contributed by atoms with van der Waals surface area (Å²) in [4.78, 5) is 15.1. The van der Waals surface area contributed by atoms with Crippen molar-refractivity contribution in [2.75, 3.05) is 0 Å². The van der Waals surface area contributed by atoms with Gasteiger partial charge in [0.2, 0.25) is 0 Å². The van der Waals surface area contributed by atoms with Crippen molar-refractivity contribution in [2.45, 2.75) is 19.5 Å². The smallest absolute Gasteiger partial charge is 0.416 e. The van der Waals surface area contributed by atoms with E-state index in [9.17, 15) is 18.0 Å². The Morgan fingerprint density at radius 2 is 2.10 bits per heavy atom. The monoisotopic (exact) mass is 301 g/mol. The van der Waals surface area contributed by atoms with E-state index in [1.807, 2.05) is 0 Å². The number of benzene rings is 1. The first-order chi connectivity index (χ1) is 9.27. The van der Waals surface area contributed by atoms with Crippen LogP contribution in [0.1, 0.15) is 31.5 Å². The molecule has 2 rings (SSSR count). The minimum absolute atomic E-state index is 0.118. The van der Waals surface area contributed by atoms with Gasteiger partial charge in [0.1, 0.15) is 4.88 Å². The maximum absolute atomic E-state index is 12.6. The fourth-order valence-electron chi connectivity index (χ4n) is 1.76. The minimum Gasteiger partial charge on any atom is -0.477 e. The van der Waals surface area contributed by atoms with E-state index in [2.05, 4.69) is 4.98 Å². The number of nitrogens with zero attached hydrogens (tertiary/aromatic N) is 1. The third-order valence-electron chi connectivity index (χ3n) is 2.64. The molecular weight excluding hydrogens is 291 g/mol. The molecule has 1 aromatic carbocycles.